The number of benzene rings is 1. The van der Waals surface area contributed by atoms with E-state index in [-0.39, 0.29) is 29.8 Å². The number of nitrogens with one attached hydrogen (secondary N) is 2. The number of rotatable bonds is 4. The van der Waals surface area contributed by atoms with Gasteiger partial charge in [0.15, 0.2) is 5.96 Å². The third-order valence-electron chi connectivity index (χ3n) is 2.96. The highest BCUT2D eigenvalue weighted by atomic mass is 127. The minimum atomic E-state index is -0.229. The van der Waals surface area contributed by atoms with E-state index in [1.807, 2.05) is 13.1 Å². The van der Waals surface area contributed by atoms with Crippen molar-refractivity contribution >= 4 is 29.9 Å². The maximum atomic E-state index is 12.8. The summed E-state index contributed by atoms with van der Waals surface area (Å²) in [5.74, 6) is 0.461. The molecule has 7 heteroatoms. The van der Waals surface area contributed by atoms with E-state index in [1.54, 1.807) is 30.1 Å². The molecule has 1 aromatic carbocycles. The van der Waals surface area contributed by atoms with Crippen LogP contribution < -0.4 is 10.6 Å². The van der Waals surface area contributed by atoms with Crippen molar-refractivity contribution in [2.75, 3.05) is 7.05 Å². The predicted molar refractivity (Wildman–Crippen MR) is 92.1 cm³/mol. The molecule has 0 saturated carbocycles. The Balaban J connectivity index is 0.00000220. The van der Waals surface area contributed by atoms with E-state index >= 15 is 0 Å². The quantitative estimate of drug-likeness (QED) is 0.467. The van der Waals surface area contributed by atoms with Gasteiger partial charge in [0.1, 0.15) is 5.82 Å². The summed E-state index contributed by atoms with van der Waals surface area (Å²) in [6, 6.07) is 8.33. The maximum Gasteiger partial charge on any atom is 0.191 e. The summed E-state index contributed by atoms with van der Waals surface area (Å²) in [5.41, 5.74) is 2.06. The van der Waals surface area contributed by atoms with Crippen molar-refractivity contribution < 1.29 is 4.39 Å². The number of hydrogen-bond acceptors (Lipinski definition) is 2. The predicted octanol–water partition coefficient (Wildman–Crippen LogP) is 2.04. The van der Waals surface area contributed by atoms with Crippen molar-refractivity contribution in [3.8, 4) is 0 Å². The number of guanidine groups is 1. The molecule has 0 saturated heterocycles. The second-order valence-corrected chi connectivity index (χ2v) is 4.35. The van der Waals surface area contributed by atoms with Crippen LogP contribution in [0.25, 0.3) is 0 Å². The molecule has 1 heterocycles. The molecule has 0 unspecified atom stereocenters. The lowest BCUT2D eigenvalue weighted by atomic mass is 10.2. The first-order valence-corrected chi connectivity index (χ1v) is 6.35. The Bertz CT molecular complexity index is 579. The lowest BCUT2D eigenvalue weighted by molar-refractivity contribution is 0.626. The van der Waals surface area contributed by atoms with Crippen molar-refractivity contribution in [1.82, 2.24) is 20.4 Å². The minimum absolute atomic E-state index is 0. The van der Waals surface area contributed by atoms with Gasteiger partial charge in [0.25, 0.3) is 0 Å². The molecule has 114 valence electrons. The van der Waals surface area contributed by atoms with Crippen LogP contribution in [-0.4, -0.2) is 22.8 Å². The van der Waals surface area contributed by atoms with Gasteiger partial charge in [-0.15, -0.1) is 24.0 Å². The third kappa shape index (κ3) is 5.33. The summed E-state index contributed by atoms with van der Waals surface area (Å²) in [7, 11) is 3.61. The third-order valence-corrected chi connectivity index (χ3v) is 2.96. The average molecular weight is 403 g/mol. The fraction of sp³-hybridized carbons (Fsp3) is 0.286. The Labute approximate surface area is 140 Å². The van der Waals surface area contributed by atoms with E-state index in [2.05, 4.69) is 20.7 Å². The maximum absolute atomic E-state index is 12.8. The number of halogens is 2. The number of aliphatic imine (C=N–C) groups is 1. The molecular formula is C14H19FIN5. The number of aryl methyl sites for hydroxylation is 1. The van der Waals surface area contributed by atoms with Crippen LogP contribution >= 0.6 is 24.0 Å². The molecule has 0 atom stereocenters. The van der Waals surface area contributed by atoms with Gasteiger partial charge >= 0.3 is 0 Å². The van der Waals surface area contributed by atoms with Crippen LogP contribution in [0.3, 0.4) is 0 Å². The molecule has 2 aromatic rings. The molecule has 0 aliphatic heterocycles. The Morgan fingerprint density at radius 1 is 1.19 bits per heavy atom. The summed E-state index contributed by atoms with van der Waals surface area (Å²) in [5, 5.41) is 10.5. The van der Waals surface area contributed by atoms with Crippen LogP contribution in [0.5, 0.6) is 0 Å². The first-order chi connectivity index (χ1) is 9.69. The zero-order valence-corrected chi connectivity index (χ0v) is 14.3. The lowest BCUT2D eigenvalue weighted by Gasteiger charge is -2.12. The smallest absolute Gasteiger partial charge is 0.191 e. The second kappa shape index (κ2) is 8.60. The highest BCUT2D eigenvalue weighted by molar-refractivity contribution is 14.0. The van der Waals surface area contributed by atoms with Crippen molar-refractivity contribution in [2.24, 2.45) is 12.0 Å². The molecule has 1 aromatic heterocycles. The highest BCUT2D eigenvalue weighted by Gasteiger charge is 2.01. The van der Waals surface area contributed by atoms with Crippen LogP contribution in [0.2, 0.25) is 0 Å². The van der Waals surface area contributed by atoms with Gasteiger partial charge in [-0.1, -0.05) is 12.1 Å². The molecule has 0 amide bonds. The second-order valence-electron chi connectivity index (χ2n) is 4.35. The fourth-order valence-corrected chi connectivity index (χ4v) is 1.76. The summed E-state index contributed by atoms with van der Waals surface area (Å²) < 4.78 is 14.6. The Kier molecular flexibility index (Phi) is 7.13. The van der Waals surface area contributed by atoms with Gasteiger partial charge in [-0.05, 0) is 23.8 Å². The first kappa shape index (κ1) is 17.4. The van der Waals surface area contributed by atoms with Gasteiger partial charge < -0.3 is 10.6 Å². The van der Waals surface area contributed by atoms with Crippen LogP contribution in [0, 0.1) is 5.82 Å². The summed E-state index contributed by atoms with van der Waals surface area (Å²) in [6.45, 7) is 1.23. The number of nitrogens with zero attached hydrogens (tertiary/aromatic N) is 3. The van der Waals surface area contributed by atoms with E-state index in [1.165, 1.54) is 12.1 Å². The molecule has 0 radical (unpaired) electrons. The van der Waals surface area contributed by atoms with E-state index in [4.69, 9.17) is 0 Å². The molecule has 21 heavy (non-hydrogen) atoms. The molecular weight excluding hydrogens is 384 g/mol. The van der Waals surface area contributed by atoms with E-state index < -0.39 is 0 Å². The zero-order chi connectivity index (χ0) is 14.4. The van der Waals surface area contributed by atoms with Crippen molar-refractivity contribution in [3.63, 3.8) is 0 Å². The van der Waals surface area contributed by atoms with Crippen molar-refractivity contribution in [2.45, 2.75) is 13.1 Å². The molecule has 0 spiro atoms. The van der Waals surface area contributed by atoms with Crippen molar-refractivity contribution in [1.29, 1.82) is 0 Å². The first-order valence-electron chi connectivity index (χ1n) is 6.35. The van der Waals surface area contributed by atoms with E-state index in [0.717, 1.165) is 11.3 Å². The van der Waals surface area contributed by atoms with Crippen LogP contribution in [0.1, 0.15) is 11.3 Å². The number of aromatic nitrogens is 2. The summed E-state index contributed by atoms with van der Waals surface area (Å²) >= 11 is 0. The lowest BCUT2D eigenvalue weighted by Crippen LogP contribution is -2.36. The van der Waals surface area contributed by atoms with Gasteiger partial charge in [0.05, 0.1) is 12.2 Å². The van der Waals surface area contributed by atoms with E-state index in [0.29, 0.717) is 19.0 Å². The summed E-state index contributed by atoms with van der Waals surface area (Å²) in [6.07, 6.45) is 1.76. The molecule has 2 N–H and O–H groups in total. The average Bonchev–Trinajstić information content (AvgIpc) is 2.86. The number of hydrogen-bond donors (Lipinski definition) is 2. The van der Waals surface area contributed by atoms with Gasteiger partial charge in [-0.2, -0.15) is 5.10 Å². The van der Waals surface area contributed by atoms with Gasteiger partial charge in [0.2, 0.25) is 0 Å². The normalized spacial score (nSPS) is 10.9. The van der Waals surface area contributed by atoms with Crippen LogP contribution in [0.15, 0.2) is 41.5 Å². The zero-order valence-electron chi connectivity index (χ0n) is 12.0. The Morgan fingerprint density at radius 2 is 1.86 bits per heavy atom. The Morgan fingerprint density at radius 3 is 2.43 bits per heavy atom. The van der Waals surface area contributed by atoms with Gasteiger partial charge in [0, 0.05) is 26.8 Å². The van der Waals surface area contributed by atoms with Gasteiger partial charge in [-0.3, -0.25) is 9.67 Å². The standard InChI is InChI=1S/C14H18FN5.HI/c1-16-14(18-10-13-7-8-19-20(13)2)17-9-11-3-5-12(15)6-4-11;/h3-8H,9-10H2,1-2H3,(H2,16,17,18);1H. The molecule has 0 bridgehead atoms. The van der Waals surface area contributed by atoms with Crippen LogP contribution in [0.4, 0.5) is 4.39 Å². The molecule has 0 aliphatic rings. The fourth-order valence-electron chi connectivity index (χ4n) is 1.76. The molecule has 0 fully saturated rings. The SMILES string of the molecule is CN=C(NCc1ccc(F)cc1)NCc1ccnn1C.I. The van der Waals surface area contributed by atoms with Crippen molar-refractivity contribution in [3.05, 3.63) is 53.6 Å². The van der Waals surface area contributed by atoms with Crippen LogP contribution in [-0.2, 0) is 20.1 Å². The highest BCUT2D eigenvalue weighted by Crippen LogP contribution is 2.02. The molecule has 5 nitrogen and oxygen atoms in total. The van der Waals surface area contributed by atoms with E-state index in [9.17, 15) is 4.39 Å². The van der Waals surface area contributed by atoms with Gasteiger partial charge in [-0.25, -0.2) is 4.39 Å². The summed E-state index contributed by atoms with van der Waals surface area (Å²) in [4.78, 5) is 4.14. The molecule has 0 aliphatic carbocycles. The minimum Gasteiger partial charge on any atom is -0.352 e. The monoisotopic (exact) mass is 403 g/mol. The Hall–Kier alpha value is -1.64. The molecule has 2 rings (SSSR count). The topological polar surface area (TPSA) is 54.2 Å². The largest absolute Gasteiger partial charge is 0.352 e.